The third-order valence-corrected chi connectivity index (χ3v) is 3.89. The smallest absolute Gasteiger partial charge is 0.268 e. The molecule has 0 saturated carbocycles. The Morgan fingerprint density at radius 1 is 1.43 bits per heavy atom. The lowest BCUT2D eigenvalue weighted by Gasteiger charge is -2.24. The Bertz CT molecular complexity index is 689. The second kappa shape index (κ2) is 5.70. The number of benzene rings is 1. The number of aryl methyl sites for hydroxylation is 2. The molecule has 0 spiro atoms. The number of carbonyl (C=O) groups is 1. The van der Waals surface area contributed by atoms with Gasteiger partial charge in [-0.2, -0.15) is 0 Å². The van der Waals surface area contributed by atoms with Gasteiger partial charge >= 0.3 is 0 Å². The van der Waals surface area contributed by atoms with E-state index in [9.17, 15) is 9.90 Å². The number of hydrogen-bond donors (Lipinski definition) is 2. The summed E-state index contributed by atoms with van der Waals surface area (Å²) in [4.78, 5) is 12.6. The topological polar surface area (TPSA) is 54.3 Å². The third-order valence-electron chi connectivity index (χ3n) is 3.66. The van der Waals surface area contributed by atoms with Crippen molar-refractivity contribution in [1.29, 1.82) is 0 Å². The Hall–Kier alpha value is -1.52. The number of aliphatic hydroxyl groups is 1. The molecule has 0 aliphatic carbocycles. The van der Waals surface area contributed by atoms with Gasteiger partial charge in [-0.1, -0.05) is 11.6 Å². The number of amides is 1. The van der Waals surface area contributed by atoms with E-state index in [-0.39, 0.29) is 12.5 Å². The van der Waals surface area contributed by atoms with E-state index in [0.717, 1.165) is 16.5 Å². The van der Waals surface area contributed by atoms with E-state index in [1.54, 1.807) is 13.8 Å². The van der Waals surface area contributed by atoms with Gasteiger partial charge in [0.05, 0.1) is 12.1 Å². The molecule has 1 aromatic heterocycles. The van der Waals surface area contributed by atoms with Crippen molar-refractivity contribution in [2.24, 2.45) is 0 Å². The maximum Gasteiger partial charge on any atom is 0.268 e. The molecule has 5 heteroatoms. The second-order valence-electron chi connectivity index (χ2n) is 5.88. The average molecular weight is 309 g/mol. The van der Waals surface area contributed by atoms with E-state index in [4.69, 9.17) is 11.6 Å². The highest BCUT2D eigenvalue weighted by Gasteiger charge is 2.25. The van der Waals surface area contributed by atoms with Crippen molar-refractivity contribution in [1.82, 2.24) is 9.88 Å². The first kappa shape index (κ1) is 15.9. The molecule has 1 amide bonds. The normalized spacial score (nSPS) is 11.9. The standard InChI is InChI=1S/C16H21ClN2O2/c1-5-19-13-7-6-11(17)8-12(13)10(2)14(19)15(21)18-16(3,4)9-20/h6-8,20H,5,9H2,1-4H3,(H,18,21). The number of rotatable bonds is 4. The molecule has 1 heterocycles. The first-order valence-electron chi connectivity index (χ1n) is 7.02. The third kappa shape index (κ3) is 2.92. The molecule has 2 aromatic rings. The molecule has 0 aliphatic heterocycles. The molecular formula is C16H21ClN2O2. The average Bonchev–Trinajstić information content (AvgIpc) is 2.70. The van der Waals surface area contributed by atoms with E-state index >= 15 is 0 Å². The molecule has 0 fully saturated rings. The fraction of sp³-hybridized carbons (Fsp3) is 0.438. The largest absolute Gasteiger partial charge is 0.394 e. The summed E-state index contributed by atoms with van der Waals surface area (Å²) in [7, 11) is 0. The van der Waals surface area contributed by atoms with Crippen molar-refractivity contribution >= 4 is 28.4 Å². The van der Waals surface area contributed by atoms with Gasteiger partial charge in [-0.05, 0) is 51.5 Å². The maximum atomic E-state index is 12.6. The second-order valence-corrected chi connectivity index (χ2v) is 6.31. The highest BCUT2D eigenvalue weighted by Crippen LogP contribution is 2.28. The molecule has 0 saturated heterocycles. The van der Waals surface area contributed by atoms with Crippen LogP contribution in [-0.2, 0) is 6.54 Å². The first-order chi connectivity index (χ1) is 9.80. The Morgan fingerprint density at radius 3 is 2.67 bits per heavy atom. The van der Waals surface area contributed by atoms with Crippen molar-refractivity contribution in [3.05, 3.63) is 34.5 Å². The number of aliphatic hydroxyl groups excluding tert-OH is 1. The molecular weight excluding hydrogens is 288 g/mol. The summed E-state index contributed by atoms with van der Waals surface area (Å²) in [5, 5.41) is 13.8. The minimum Gasteiger partial charge on any atom is -0.394 e. The van der Waals surface area contributed by atoms with Gasteiger partial charge in [0.25, 0.3) is 5.91 Å². The Morgan fingerprint density at radius 2 is 2.10 bits per heavy atom. The van der Waals surface area contributed by atoms with Gasteiger partial charge in [-0.25, -0.2) is 0 Å². The van der Waals surface area contributed by atoms with E-state index in [0.29, 0.717) is 17.3 Å². The zero-order valence-corrected chi connectivity index (χ0v) is 13.6. The van der Waals surface area contributed by atoms with E-state index < -0.39 is 5.54 Å². The lowest BCUT2D eigenvalue weighted by molar-refractivity contribution is 0.0860. The number of fused-ring (bicyclic) bond motifs is 1. The maximum absolute atomic E-state index is 12.6. The van der Waals surface area contributed by atoms with Gasteiger partial charge in [0.1, 0.15) is 5.69 Å². The quantitative estimate of drug-likeness (QED) is 0.912. The number of hydrogen-bond acceptors (Lipinski definition) is 2. The van der Waals surface area contributed by atoms with Crippen LogP contribution in [0, 0.1) is 6.92 Å². The minimum atomic E-state index is -0.657. The lowest BCUT2D eigenvalue weighted by Crippen LogP contribution is -2.47. The highest BCUT2D eigenvalue weighted by atomic mass is 35.5. The first-order valence-corrected chi connectivity index (χ1v) is 7.40. The summed E-state index contributed by atoms with van der Waals surface area (Å²) >= 11 is 6.06. The molecule has 0 aliphatic rings. The summed E-state index contributed by atoms with van der Waals surface area (Å²) in [5.74, 6) is -0.180. The van der Waals surface area contributed by atoms with E-state index in [1.165, 1.54) is 0 Å². The summed E-state index contributed by atoms with van der Waals surface area (Å²) in [6.07, 6.45) is 0. The molecule has 114 valence electrons. The van der Waals surface area contributed by atoms with Crippen molar-refractivity contribution in [2.75, 3.05) is 6.61 Å². The van der Waals surface area contributed by atoms with Crippen molar-refractivity contribution < 1.29 is 9.90 Å². The number of nitrogens with zero attached hydrogens (tertiary/aromatic N) is 1. The number of carbonyl (C=O) groups excluding carboxylic acids is 1. The van der Waals surface area contributed by atoms with Crippen LogP contribution in [0.3, 0.4) is 0 Å². The molecule has 4 nitrogen and oxygen atoms in total. The molecule has 21 heavy (non-hydrogen) atoms. The van der Waals surface area contributed by atoms with Crippen LogP contribution >= 0.6 is 11.6 Å². The predicted molar refractivity (Wildman–Crippen MR) is 86.0 cm³/mol. The monoisotopic (exact) mass is 308 g/mol. The van der Waals surface area contributed by atoms with Crippen LogP contribution in [0.1, 0.15) is 36.8 Å². The fourth-order valence-corrected chi connectivity index (χ4v) is 2.69. The lowest BCUT2D eigenvalue weighted by atomic mass is 10.1. The Balaban J connectivity index is 2.58. The predicted octanol–water partition coefficient (Wildman–Crippen LogP) is 3.12. The van der Waals surface area contributed by atoms with Crippen LogP contribution in [0.4, 0.5) is 0 Å². The zero-order valence-electron chi connectivity index (χ0n) is 12.8. The molecule has 0 radical (unpaired) electrons. The van der Waals surface area contributed by atoms with Gasteiger partial charge in [0.2, 0.25) is 0 Å². The molecule has 2 rings (SSSR count). The van der Waals surface area contributed by atoms with Crippen molar-refractivity contribution in [3.63, 3.8) is 0 Å². The van der Waals surface area contributed by atoms with Crippen LogP contribution < -0.4 is 5.32 Å². The molecule has 0 bridgehead atoms. The molecule has 2 N–H and O–H groups in total. The van der Waals surface area contributed by atoms with Gasteiger partial charge in [0, 0.05) is 22.5 Å². The zero-order chi connectivity index (χ0) is 15.8. The molecule has 1 aromatic carbocycles. The summed E-state index contributed by atoms with van der Waals surface area (Å²) in [5.41, 5.74) is 1.86. The number of aromatic nitrogens is 1. The summed E-state index contributed by atoms with van der Waals surface area (Å²) in [6, 6.07) is 5.64. The molecule has 0 atom stereocenters. The van der Waals surface area contributed by atoms with Crippen LogP contribution in [-0.4, -0.2) is 27.7 Å². The van der Waals surface area contributed by atoms with Crippen LogP contribution in [0.5, 0.6) is 0 Å². The van der Waals surface area contributed by atoms with Crippen molar-refractivity contribution in [3.8, 4) is 0 Å². The fourth-order valence-electron chi connectivity index (χ4n) is 2.52. The van der Waals surface area contributed by atoms with E-state index in [2.05, 4.69) is 5.32 Å². The highest BCUT2D eigenvalue weighted by molar-refractivity contribution is 6.31. The number of nitrogens with one attached hydrogen (secondary N) is 1. The summed E-state index contributed by atoms with van der Waals surface area (Å²) in [6.45, 7) is 8.07. The van der Waals surface area contributed by atoms with Crippen molar-refractivity contribution in [2.45, 2.75) is 39.8 Å². The minimum absolute atomic E-state index is 0.115. The Kier molecular flexibility index (Phi) is 4.30. The Labute approximate surface area is 129 Å². The van der Waals surface area contributed by atoms with Gasteiger partial charge < -0.3 is 15.0 Å². The van der Waals surface area contributed by atoms with Crippen LogP contribution in [0.2, 0.25) is 5.02 Å². The van der Waals surface area contributed by atoms with Gasteiger partial charge in [-0.15, -0.1) is 0 Å². The van der Waals surface area contributed by atoms with Crippen LogP contribution in [0.15, 0.2) is 18.2 Å². The van der Waals surface area contributed by atoms with Crippen LogP contribution in [0.25, 0.3) is 10.9 Å². The SMILES string of the molecule is CCn1c(C(=O)NC(C)(C)CO)c(C)c2cc(Cl)ccc21. The van der Waals surface area contributed by atoms with Gasteiger partial charge in [-0.3, -0.25) is 4.79 Å². The van der Waals surface area contributed by atoms with Gasteiger partial charge in [0.15, 0.2) is 0 Å². The number of halogens is 1. The molecule has 0 unspecified atom stereocenters. The summed E-state index contributed by atoms with van der Waals surface area (Å²) < 4.78 is 1.98. The van der Waals surface area contributed by atoms with E-state index in [1.807, 2.05) is 36.6 Å².